The second-order valence-corrected chi connectivity index (χ2v) is 7.41. The smallest absolute Gasteiger partial charge is 0.351 e. The molecule has 0 unspecified atom stereocenters. The molecule has 0 saturated carbocycles. The maximum absolute atomic E-state index is 12.5. The highest BCUT2D eigenvalue weighted by atomic mass is 32.1. The van der Waals surface area contributed by atoms with Crippen molar-refractivity contribution in [2.75, 3.05) is 7.11 Å². The molecule has 3 aromatic rings. The summed E-state index contributed by atoms with van der Waals surface area (Å²) in [5, 5.41) is 3.51. The molecule has 0 spiro atoms. The number of benzene rings is 2. The van der Waals surface area contributed by atoms with Crippen LogP contribution in [0, 0.1) is 6.92 Å². The molecule has 3 rings (SSSR count). The molecule has 0 aliphatic heterocycles. The highest BCUT2D eigenvalue weighted by Crippen LogP contribution is 2.28. The number of esters is 1. The van der Waals surface area contributed by atoms with Crippen molar-refractivity contribution in [2.45, 2.75) is 26.5 Å². The van der Waals surface area contributed by atoms with Crippen LogP contribution in [-0.2, 0) is 16.1 Å². The molecular weight excluding hydrogens is 388 g/mol. The number of hydrogen-bond donors (Lipinski definition) is 1. The third-order valence-corrected chi connectivity index (χ3v) is 5.47. The summed E-state index contributed by atoms with van der Waals surface area (Å²) in [6.45, 7) is 3.64. The molecule has 2 aromatic carbocycles. The van der Waals surface area contributed by atoms with Gasteiger partial charge in [0.15, 0.2) is 6.10 Å². The number of methoxy groups -OCH3 is 1. The Morgan fingerprint density at radius 2 is 1.79 bits per heavy atom. The molecule has 1 atom stereocenters. The summed E-state index contributed by atoms with van der Waals surface area (Å²) in [7, 11) is 1.60. The number of amides is 1. The first-order valence-electron chi connectivity index (χ1n) is 9.12. The number of rotatable bonds is 7. The summed E-state index contributed by atoms with van der Waals surface area (Å²) in [6.07, 6.45) is -0.914. The Bertz CT molecular complexity index is 984. The molecule has 0 fully saturated rings. The third-order valence-electron chi connectivity index (χ3n) is 4.28. The second kappa shape index (κ2) is 9.34. The first-order chi connectivity index (χ1) is 14.0. The average Bonchev–Trinajstić information content (AvgIpc) is 3.14. The second-order valence-electron chi connectivity index (χ2n) is 6.41. The maximum Gasteiger partial charge on any atom is 0.351 e. The van der Waals surface area contributed by atoms with Gasteiger partial charge in [0.1, 0.15) is 15.6 Å². The molecule has 0 saturated heterocycles. The normalized spacial score (nSPS) is 11.6. The molecule has 0 aliphatic carbocycles. The Kier molecular flexibility index (Phi) is 6.61. The van der Waals surface area contributed by atoms with Crippen molar-refractivity contribution >= 4 is 23.2 Å². The van der Waals surface area contributed by atoms with E-state index >= 15 is 0 Å². The lowest BCUT2D eigenvalue weighted by Gasteiger charge is -2.13. The number of aromatic nitrogens is 1. The average molecular weight is 410 g/mol. The van der Waals surface area contributed by atoms with Crippen molar-refractivity contribution < 1.29 is 19.1 Å². The Morgan fingerprint density at radius 1 is 1.10 bits per heavy atom. The van der Waals surface area contributed by atoms with Gasteiger partial charge in [0.25, 0.3) is 5.91 Å². The lowest BCUT2D eigenvalue weighted by Crippen LogP contribution is -2.35. The predicted octanol–water partition coefficient (Wildman–Crippen LogP) is 3.99. The SMILES string of the molecule is COc1ccc(CNC(=O)[C@@H](C)OC(=O)c2sc(-c3ccccc3)nc2C)cc1. The van der Waals surface area contributed by atoms with E-state index in [1.165, 1.54) is 11.3 Å². The van der Waals surface area contributed by atoms with Crippen LogP contribution in [0.5, 0.6) is 5.75 Å². The number of aryl methyl sites for hydroxylation is 1. The van der Waals surface area contributed by atoms with Crippen molar-refractivity contribution in [3.8, 4) is 16.3 Å². The third kappa shape index (κ3) is 5.20. The Morgan fingerprint density at radius 3 is 2.45 bits per heavy atom. The van der Waals surface area contributed by atoms with Gasteiger partial charge in [-0.25, -0.2) is 9.78 Å². The topological polar surface area (TPSA) is 77.5 Å². The maximum atomic E-state index is 12.5. The van der Waals surface area contributed by atoms with Gasteiger partial charge < -0.3 is 14.8 Å². The largest absolute Gasteiger partial charge is 0.497 e. The van der Waals surface area contributed by atoms with Crippen LogP contribution in [0.3, 0.4) is 0 Å². The summed E-state index contributed by atoms with van der Waals surface area (Å²) >= 11 is 1.26. The van der Waals surface area contributed by atoms with Gasteiger partial charge in [-0.1, -0.05) is 42.5 Å². The van der Waals surface area contributed by atoms with Crippen molar-refractivity contribution in [1.29, 1.82) is 0 Å². The number of hydrogen-bond acceptors (Lipinski definition) is 6. The molecule has 7 heteroatoms. The highest BCUT2D eigenvalue weighted by Gasteiger charge is 2.23. The fraction of sp³-hybridized carbons (Fsp3) is 0.227. The van der Waals surface area contributed by atoms with Gasteiger partial charge in [0.2, 0.25) is 0 Å². The van der Waals surface area contributed by atoms with Gasteiger partial charge in [-0.15, -0.1) is 11.3 Å². The van der Waals surface area contributed by atoms with Crippen LogP contribution >= 0.6 is 11.3 Å². The van der Waals surface area contributed by atoms with Gasteiger partial charge in [-0.2, -0.15) is 0 Å². The lowest BCUT2D eigenvalue weighted by atomic mass is 10.2. The van der Waals surface area contributed by atoms with E-state index in [2.05, 4.69) is 10.3 Å². The number of nitrogens with one attached hydrogen (secondary N) is 1. The number of ether oxygens (including phenoxy) is 2. The van der Waals surface area contributed by atoms with Gasteiger partial charge in [0.05, 0.1) is 12.8 Å². The molecule has 150 valence electrons. The van der Waals surface area contributed by atoms with Crippen LogP contribution in [0.1, 0.15) is 27.9 Å². The van der Waals surface area contributed by atoms with Crippen molar-refractivity contribution in [1.82, 2.24) is 10.3 Å². The van der Waals surface area contributed by atoms with Crippen LogP contribution in [0.25, 0.3) is 10.6 Å². The zero-order valence-corrected chi connectivity index (χ0v) is 17.3. The number of thiazole rings is 1. The summed E-state index contributed by atoms with van der Waals surface area (Å²) in [4.78, 5) is 29.7. The van der Waals surface area contributed by atoms with Crippen molar-refractivity contribution in [3.05, 3.63) is 70.7 Å². The van der Waals surface area contributed by atoms with Gasteiger partial charge >= 0.3 is 5.97 Å². The predicted molar refractivity (Wildman–Crippen MR) is 112 cm³/mol. The Hall–Kier alpha value is -3.19. The van der Waals surface area contributed by atoms with E-state index in [-0.39, 0.29) is 5.91 Å². The van der Waals surface area contributed by atoms with E-state index in [0.717, 1.165) is 21.9 Å². The molecule has 0 aliphatic rings. The molecule has 0 bridgehead atoms. The molecular formula is C22H22N2O4S. The van der Waals surface area contributed by atoms with Gasteiger partial charge in [-0.05, 0) is 31.5 Å². The van der Waals surface area contributed by atoms with Crippen LogP contribution in [-0.4, -0.2) is 30.1 Å². The minimum Gasteiger partial charge on any atom is -0.497 e. The Balaban J connectivity index is 1.58. The van der Waals surface area contributed by atoms with E-state index in [0.29, 0.717) is 17.1 Å². The highest BCUT2D eigenvalue weighted by molar-refractivity contribution is 7.17. The van der Waals surface area contributed by atoms with Crippen LogP contribution in [0.4, 0.5) is 0 Å². The van der Waals surface area contributed by atoms with E-state index in [1.807, 2.05) is 54.6 Å². The standard InChI is InChI=1S/C22H22N2O4S/c1-14-19(29-21(24-14)17-7-5-4-6-8-17)22(26)28-15(2)20(25)23-13-16-9-11-18(27-3)12-10-16/h4-12,15H,13H2,1-3H3,(H,23,25)/t15-/m1/s1. The number of nitrogens with zero attached hydrogens (tertiary/aromatic N) is 1. The summed E-state index contributed by atoms with van der Waals surface area (Å²) < 4.78 is 10.5. The number of carbonyl (C=O) groups is 2. The minimum atomic E-state index is -0.914. The fourth-order valence-electron chi connectivity index (χ4n) is 2.63. The molecule has 1 heterocycles. The van der Waals surface area contributed by atoms with Crippen LogP contribution < -0.4 is 10.1 Å². The fourth-order valence-corrected chi connectivity index (χ4v) is 3.59. The quantitative estimate of drug-likeness (QED) is 0.596. The molecule has 29 heavy (non-hydrogen) atoms. The van der Waals surface area contributed by atoms with Crippen molar-refractivity contribution in [3.63, 3.8) is 0 Å². The van der Waals surface area contributed by atoms with Gasteiger partial charge in [-0.3, -0.25) is 4.79 Å². The zero-order valence-electron chi connectivity index (χ0n) is 16.5. The first kappa shape index (κ1) is 20.5. The molecule has 0 radical (unpaired) electrons. The monoisotopic (exact) mass is 410 g/mol. The van der Waals surface area contributed by atoms with E-state index in [4.69, 9.17) is 9.47 Å². The van der Waals surface area contributed by atoms with E-state index < -0.39 is 12.1 Å². The summed E-state index contributed by atoms with van der Waals surface area (Å²) in [6, 6.07) is 17.0. The molecule has 1 N–H and O–H groups in total. The molecule has 1 aromatic heterocycles. The van der Waals surface area contributed by atoms with E-state index in [1.54, 1.807) is 21.0 Å². The minimum absolute atomic E-state index is 0.336. The summed E-state index contributed by atoms with van der Waals surface area (Å²) in [5.74, 6) is -0.161. The number of carbonyl (C=O) groups excluding carboxylic acids is 2. The van der Waals surface area contributed by atoms with Gasteiger partial charge in [0, 0.05) is 12.1 Å². The lowest BCUT2D eigenvalue weighted by molar-refractivity contribution is -0.129. The Labute approximate surface area is 173 Å². The van der Waals surface area contributed by atoms with E-state index in [9.17, 15) is 9.59 Å². The molecule has 1 amide bonds. The van der Waals surface area contributed by atoms with Crippen LogP contribution in [0.2, 0.25) is 0 Å². The zero-order chi connectivity index (χ0) is 20.8. The summed E-state index contributed by atoms with van der Waals surface area (Å²) in [5.41, 5.74) is 2.44. The van der Waals surface area contributed by atoms with Crippen LogP contribution in [0.15, 0.2) is 54.6 Å². The molecule has 6 nitrogen and oxygen atoms in total. The first-order valence-corrected chi connectivity index (χ1v) is 9.94. The van der Waals surface area contributed by atoms with Crippen molar-refractivity contribution in [2.24, 2.45) is 0 Å².